The second kappa shape index (κ2) is 14.9. The van der Waals surface area contributed by atoms with Gasteiger partial charge in [0.2, 0.25) is 19.5 Å². The summed E-state index contributed by atoms with van der Waals surface area (Å²) in [6.07, 6.45) is 0. The average molecular weight is 568 g/mol. The van der Waals surface area contributed by atoms with Crippen molar-refractivity contribution in [2.45, 2.75) is 52.0 Å². The fraction of sp³-hybridized carbons (Fsp3) is 0.550. The van der Waals surface area contributed by atoms with Crippen molar-refractivity contribution in [3.63, 3.8) is 0 Å². The van der Waals surface area contributed by atoms with Gasteiger partial charge >= 0.3 is 34.3 Å². The minimum atomic E-state index is -1.49. The molecule has 0 radical (unpaired) electrons. The summed E-state index contributed by atoms with van der Waals surface area (Å²) in [5.74, 6) is -4.56. The van der Waals surface area contributed by atoms with Gasteiger partial charge < -0.3 is 37.8 Å². The van der Waals surface area contributed by atoms with Crippen LogP contribution in [0.5, 0.6) is 0 Å². The monoisotopic (exact) mass is 567 g/mol. The summed E-state index contributed by atoms with van der Waals surface area (Å²) in [5, 5.41) is 0.506. The minimum Gasteiger partial charge on any atom is -0.456 e. The average Bonchev–Trinajstić information content (AvgIpc) is 3.10. The van der Waals surface area contributed by atoms with E-state index in [4.69, 9.17) is 9.15 Å². The van der Waals surface area contributed by atoms with Crippen LogP contribution in [0.15, 0.2) is 13.6 Å². The van der Waals surface area contributed by atoms with Crippen molar-refractivity contribution in [3.8, 4) is 0 Å². The van der Waals surface area contributed by atoms with Gasteiger partial charge in [0.25, 0.3) is 0 Å². The lowest BCUT2D eigenvalue weighted by Crippen LogP contribution is -2.50. The molecular weight excluding hydrogens is 542 g/mol. The van der Waals surface area contributed by atoms with Gasteiger partial charge in [-0.2, -0.15) is 0 Å². The van der Waals surface area contributed by atoms with Crippen LogP contribution in [0, 0.1) is 6.92 Å². The second-order valence-electron chi connectivity index (χ2n) is 7.29. The van der Waals surface area contributed by atoms with Crippen LogP contribution in [-0.2, 0) is 49.5 Å². The first-order valence-corrected chi connectivity index (χ1v) is 12.0. The number of hydrogen-bond acceptors (Lipinski definition) is 16. The summed E-state index contributed by atoms with van der Waals surface area (Å²) in [6, 6.07) is -1.44. The Morgan fingerprint density at radius 2 is 1.46 bits per heavy atom. The predicted molar refractivity (Wildman–Crippen MR) is 124 cm³/mol. The number of rotatable bonds is 12. The van der Waals surface area contributed by atoms with Crippen molar-refractivity contribution >= 4 is 57.9 Å². The molecule has 0 aromatic carbocycles. The van der Waals surface area contributed by atoms with Gasteiger partial charge in [-0.1, -0.05) is 0 Å². The molecule has 1 N–H and O–H groups in total. The highest BCUT2D eigenvalue weighted by molar-refractivity contribution is 8.15. The lowest BCUT2D eigenvalue weighted by atomic mass is 10.2. The third kappa shape index (κ3) is 12.4. The summed E-state index contributed by atoms with van der Waals surface area (Å²) in [7, 11) is 0. The molecule has 0 aliphatic carbocycles. The summed E-state index contributed by atoms with van der Waals surface area (Å²) < 4.78 is 31.3. The van der Waals surface area contributed by atoms with E-state index in [9.17, 15) is 33.6 Å². The van der Waals surface area contributed by atoms with Crippen LogP contribution in [0.4, 0.5) is 9.59 Å². The molecule has 1 heterocycles. The number of amides is 1. The Morgan fingerprint density at radius 1 is 0.892 bits per heavy atom. The molecule has 1 rings (SSSR count). The smallest absolute Gasteiger partial charge is 0.456 e. The van der Waals surface area contributed by atoms with Crippen molar-refractivity contribution in [2.24, 2.45) is 0 Å². The molecule has 0 bridgehead atoms. The molecule has 206 valence electrons. The van der Waals surface area contributed by atoms with Crippen LogP contribution in [0.2, 0.25) is 0 Å². The van der Waals surface area contributed by atoms with Crippen LogP contribution in [0.1, 0.15) is 39.2 Å². The van der Waals surface area contributed by atoms with Gasteiger partial charge in [-0.15, -0.1) is 0 Å². The zero-order chi connectivity index (χ0) is 28.2. The van der Waals surface area contributed by atoms with Gasteiger partial charge in [0, 0.05) is 19.6 Å². The van der Waals surface area contributed by atoms with E-state index in [1.54, 1.807) is 0 Å². The fourth-order valence-electron chi connectivity index (χ4n) is 2.04. The van der Waals surface area contributed by atoms with E-state index in [2.05, 4.69) is 28.7 Å². The largest absolute Gasteiger partial charge is 0.519 e. The van der Waals surface area contributed by atoms with Crippen molar-refractivity contribution in [1.29, 1.82) is 0 Å². The molecule has 0 fully saturated rings. The van der Waals surface area contributed by atoms with E-state index in [1.807, 2.05) is 0 Å². The molecule has 0 aliphatic heterocycles. The number of ether oxygens (including phenoxy) is 5. The molecule has 1 amide bonds. The topological polar surface area (TPSA) is 204 Å². The van der Waals surface area contributed by atoms with Crippen molar-refractivity contribution < 1.29 is 61.3 Å². The lowest BCUT2D eigenvalue weighted by molar-refractivity contribution is -0.149. The van der Waals surface area contributed by atoms with E-state index >= 15 is 0 Å². The molecule has 15 nitrogen and oxygen atoms in total. The van der Waals surface area contributed by atoms with Crippen LogP contribution in [0.25, 0.3) is 0 Å². The number of thioether (sulfide) groups is 2. The molecule has 37 heavy (non-hydrogen) atoms. The molecule has 0 saturated carbocycles. The normalized spacial score (nSPS) is 11.6. The van der Waals surface area contributed by atoms with Gasteiger partial charge in [0.15, 0.2) is 18.1 Å². The number of aryl methyl sites for hydroxylation is 1. The Hall–Kier alpha value is -3.47. The Bertz CT molecular complexity index is 1060. The Balaban J connectivity index is 2.83. The molecule has 17 heteroatoms. The first kappa shape index (κ1) is 31.6. The van der Waals surface area contributed by atoms with E-state index in [1.165, 1.54) is 20.8 Å². The second-order valence-corrected chi connectivity index (χ2v) is 9.80. The van der Waals surface area contributed by atoms with Crippen molar-refractivity contribution in [2.75, 3.05) is 19.3 Å². The van der Waals surface area contributed by atoms with Crippen LogP contribution in [-0.4, -0.2) is 64.5 Å². The molecule has 0 aliphatic rings. The van der Waals surface area contributed by atoms with E-state index < -0.39 is 71.2 Å². The molecule has 1 aromatic rings. The van der Waals surface area contributed by atoms with Crippen LogP contribution >= 0.6 is 23.5 Å². The number of carbonyl (C=O) groups is 6. The molecule has 0 saturated heterocycles. The quantitative estimate of drug-likeness (QED) is 0.216. The third-order valence-corrected chi connectivity index (χ3v) is 5.74. The zero-order valence-corrected chi connectivity index (χ0v) is 22.1. The van der Waals surface area contributed by atoms with E-state index in [0.29, 0.717) is 23.5 Å². The van der Waals surface area contributed by atoms with E-state index in [0.717, 1.165) is 13.8 Å². The first-order chi connectivity index (χ1) is 17.2. The Morgan fingerprint density at radius 3 is 1.97 bits per heavy atom. The third-order valence-electron chi connectivity index (χ3n) is 3.90. The van der Waals surface area contributed by atoms with Gasteiger partial charge in [0.1, 0.15) is 6.04 Å². The van der Waals surface area contributed by atoms with Gasteiger partial charge in [0.05, 0.1) is 4.75 Å². The lowest BCUT2D eigenvalue weighted by Gasteiger charge is -2.25. The number of esters is 3. The molecule has 1 aromatic heterocycles. The first-order valence-electron chi connectivity index (χ1n) is 10.2. The number of nitrogens with one attached hydrogen (secondary N) is 1. The maximum absolute atomic E-state index is 12.8. The Labute approximate surface area is 218 Å². The molecular formula is C20H25NO14S2. The van der Waals surface area contributed by atoms with Crippen LogP contribution in [0.3, 0.4) is 0 Å². The summed E-state index contributed by atoms with van der Waals surface area (Å²) in [6.45, 7) is 4.53. The Kier molecular flexibility index (Phi) is 12.7. The SMILES string of the molecule is CC(=O)OCOC(=O)SC[C@H](NC(=O)C(C)(C)SC(=O)OCOC(C)=O)C(=O)OCc1oc(=O)oc1C. The molecule has 0 spiro atoms. The maximum Gasteiger partial charge on any atom is 0.519 e. The highest BCUT2D eigenvalue weighted by atomic mass is 32.2. The zero-order valence-electron chi connectivity index (χ0n) is 20.4. The number of carbonyl (C=O) groups excluding carboxylic acids is 6. The number of hydrogen-bond donors (Lipinski definition) is 1. The molecule has 0 unspecified atom stereocenters. The van der Waals surface area contributed by atoms with Crippen molar-refractivity contribution in [1.82, 2.24) is 5.32 Å². The van der Waals surface area contributed by atoms with E-state index in [-0.39, 0.29) is 17.3 Å². The summed E-state index contributed by atoms with van der Waals surface area (Å²) >= 11 is 0.910. The standard InChI is InChI=1S/C20H25NO14S2/c1-10-14(35-17(26)34-10)6-29-15(24)13(7-36-18(27)32-8-30-11(2)22)21-16(25)20(4,5)37-19(28)33-9-31-12(3)23/h13H,6-9H2,1-5H3,(H,21,25)/t13-/m0/s1. The highest BCUT2D eigenvalue weighted by Gasteiger charge is 2.36. The fourth-order valence-corrected chi connectivity index (χ4v) is 3.37. The molecule has 1 atom stereocenters. The highest BCUT2D eigenvalue weighted by Crippen LogP contribution is 2.27. The summed E-state index contributed by atoms with van der Waals surface area (Å²) in [4.78, 5) is 82.0. The van der Waals surface area contributed by atoms with Crippen LogP contribution < -0.4 is 11.1 Å². The van der Waals surface area contributed by atoms with Crippen molar-refractivity contribution in [3.05, 3.63) is 22.1 Å². The maximum atomic E-state index is 12.8. The predicted octanol–water partition coefficient (Wildman–Crippen LogP) is 1.63. The van der Waals surface area contributed by atoms with Gasteiger partial charge in [-0.05, 0) is 44.3 Å². The summed E-state index contributed by atoms with van der Waals surface area (Å²) in [5.41, 5.74) is 0. The minimum absolute atomic E-state index is 0.0664. The van der Waals surface area contributed by atoms with Gasteiger partial charge in [-0.3, -0.25) is 14.4 Å². The van der Waals surface area contributed by atoms with Gasteiger partial charge in [-0.25, -0.2) is 19.2 Å².